The number of carboxylic acids is 2. The number of halogens is 6. The fraction of sp³-hybridized carbons (Fsp3) is 0.783. The van der Waals surface area contributed by atoms with E-state index in [2.05, 4.69) is 10.6 Å². The lowest BCUT2D eigenvalue weighted by molar-refractivity contribution is -0.193. The van der Waals surface area contributed by atoms with Crippen molar-refractivity contribution in [2.45, 2.75) is 83.9 Å². The molecule has 0 unspecified atom stereocenters. The number of hydrogen-bond acceptors (Lipinski definition) is 7. The van der Waals surface area contributed by atoms with Gasteiger partial charge in [0.25, 0.3) is 0 Å². The average Bonchev–Trinajstić information content (AvgIpc) is 2.80. The minimum atomic E-state index is -5.08. The van der Waals surface area contributed by atoms with Gasteiger partial charge in [-0.25, -0.2) is 9.59 Å². The van der Waals surface area contributed by atoms with Gasteiger partial charge < -0.3 is 37.2 Å². The van der Waals surface area contributed by atoms with Crippen LogP contribution >= 0.6 is 0 Å². The van der Waals surface area contributed by atoms with Crippen LogP contribution in [0.1, 0.15) is 53.4 Å². The first-order chi connectivity index (χ1) is 18.5. The molecule has 3 amide bonds. The van der Waals surface area contributed by atoms with Crippen LogP contribution in [0, 0.1) is 11.8 Å². The van der Waals surface area contributed by atoms with E-state index in [1.807, 2.05) is 27.7 Å². The fourth-order valence-corrected chi connectivity index (χ4v) is 3.40. The molecule has 1 heterocycles. The molecule has 0 spiro atoms. The van der Waals surface area contributed by atoms with Crippen LogP contribution in [0.15, 0.2) is 0 Å². The lowest BCUT2D eigenvalue weighted by Crippen LogP contribution is -2.57. The standard InChI is InChI=1S/C19H37N5O3.2C2HF3O2/c1-12(2)8-15(20)18(26)23-16(9-13(3)4)19(27)24-7-5-6-14(11-24)22-10-17(21)25;2*3-2(4,5)1(6)7/h12-16,22H,5-11,20H2,1-4H3,(H2,21,25)(H,23,26);2*(H,6,7)/t14-,15-,16-;;/m0../s1. The number of hydrogen-bond donors (Lipinski definition) is 6. The molecular weight excluding hydrogens is 572 g/mol. The molecule has 3 atom stereocenters. The molecule has 0 aliphatic carbocycles. The van der Waals surface area contributed by atoms with Gasteiger partial charge in [-0.1, -0.05) is 27.7 Å². The molecular formula is C23H39F6N5O7. The lowest BCUT2D eigenvalue weighted by atomic mass is 9.98. The zero-order valence-corrected chi connectivity index (χ0v) is 23.1. The zero-order chi connectivity index (χ0) is 32.7. The third-order valence-corrected chi connectivity index (χ3v) is 5.17. The summed E-state index contributed by atoms with van der Waals surface area (Å²) in [4.78, 5) is 56.0. The summed E-state index contributed by atoms with van der Waals surface area (Å²) < 4.78 is 63.5. The first-order valence-electron chi connectivity index (χ1n) is 12.5. The molecule has 1 aliphatic heterocycles. The number of carbonyl (C=O) groups is 5. The van der Waals surface area contributed by atoms with Crippen molar-refractivity contribution in [2.24, 2.45) is 23.3 Å². The van der Waals surface area contributed by atoms with Crippen LogP contribution in [0.5, 0.6) is 0 Å². The van der Waals surface area contributed by atoms with Gasteiger partial charge in [0.15, 0.2) is 0 Å². The fourth-order valence-electron chi connectivity index (χ4n) is 3.40. The van der Waals surface area contributed by atoms with Crippen LogP contribution in [0.3, 0.4) is 0 Å². The predicted octanol–water partition coefficient (Wildman–Crippen LogP) is 1.22. The Balaban J connectivity index is 0. The maximum Gasteiger partial charge on any atom is 0.490 e. The number of nitrogens with one attached hydrogen (secondary N) is 2. The number of likely N-dealkylation sites (tertiary alicyclic amines) is 1. The molecule has 0 bridgehead atoms. The van der Waals surface area contributed by atoms with Crippen LogP contribution in [0.25, 0.3) is 0 Å². The molecule has 8 N–H and O–H groups in total. The second-order valence-corrected chi connectivity index (χ2v) is 10.0. The summed E-state index contributed by atoms with van der Waals surface area (Å²) in [5.41, 5.74) is 11.2. The number of nitrogens with zero attached hydrogens (tertiary/aromatic N) is 1. The Morgan fingerprint density at radius 2 is 1.34 bits per heavy atom. The van der Waals surface area contributed by atoms with E-state index in [4.69, 9.17) is 31.3 Å². The lowest BCUT2D eigenvalue weighted by Gasteiger charge is -2.36. The molecule has 1 rings (SSSR count). The number of amides is 3. The number of nitrogens with two attached hydrogens (primary N) is 2. The molecule has 0 aromatic rings. The number of carbonyl (C=O) groups excluding carboxylic acids is 3. The Bertz CT molecular complexity index is 845. The van der Waals surface area contributed by atoms with Gasteiger partial charge in [-0.2, -0.15) is 26.3 Å². The summed E-state index contributed by atoms with van der Waals surface area (Å²) in [5, 5.41) is 20.2. The highest BCUT2D eigenvalue weighted by molar-refractivity contribution is 5.89. The maximum atomic E-state index is 13.0. The summed E-state index contributed by atoms with van der Waals surface area (Å²) in [5.74, 6) is -5.72. The van der Waals surface area contributed by atoms with Gasteiger partial charge >= 0.3 is 24.3 Å². The molecule has 0 radical (unpaired) electrons. The van der Waals surface area contributed by atoms with E-state index in [9.17, 15) is 40.7 Å². The van der Waals surface area contributed by atoms with E-state index in [1.54, 1.807) is 4.90 Å². The third-order valence-electron chi connectivity index (χ3n) is 5.17. The molecule has 41 heavy (non-hydrogen) atoms. The number of carboxylic acid groups (broad SMARTS) is 2. The van der Waals surface area contributed by atoms with E-state index in [1.165, 1.54) is 0 Å². The topological polar surface area (TPSA) is 205 Å². The highest BCUT2D eigenvalue weighted by Gasteiger charge is 2.39. The molecule has 1 saturated heterocycles. The number of primary amides is 1. The first-order valence-corrected chi connectivity index (χ1v) is 12.5. The van der Waals surface area contributed by atoms with Crippen LogP contribution in [0.2, 0.25) is 0 Å². The number of aliphatic carboxylic acids is 2. The summed E-state index contributed by atoms with van der Waals surface area (Å²) in [6.45, 7) is 9.32. The maximum absolute atomic E-state index is 13.0. The van der Waals surface area contributed by atoms with Crippen molar-refractivity contribution in [3.05, 3.63) is 0 Å². The van der Waals surface area contributed by atoms with Gasteiger partial charge in [0.2, 0.25) is 17.7 Å². The zero-order valence-electron chi connectivity index (χ0n) is 23.1. The molecule has 18 heteroatoms. The van der Waals surface area contributed by atoms with Crippen molar-refractivity contribution in [1.82, 2.24) is 15.5 Å². The molecule has 0 aromatic heterocycles. The highest BCUT2D eigenvalue weighted by Crippen LogP contribution is 2.16. The van der Waals surface area contributed by atoms with Crippen LogP contribution < -0.4 is 22.1 Å². The summed E-state index contributed by atoms with van der Waals surface area (Å²) >= 11 is 0. The van der Waals surface area contributed by atoms with E-state index in [0.717, 1.165) is 12.8 Å². The number of piperidine rings is 1. The normalized spacial score (nSPS) is 16.9. The third kappa shape index (κ3) is 19.5. The average molecular weight is 612 g/mol. The monoisotopic (exact) mass is 611 g/mol. The number of alkyl halides is 6. The molecule has 0 aromatic carbocycles. The van der Waals surface area contributed by atoms with Crippen LogP contribution in [-0.2, 0) is 24.0 Å². The quantitative estimate of drug-likeness (QED) is 0.196. The second kappa shape index (κ2) is 18.3. The SMILES string of the molecule is CC(C)C[C@H](NC(=O)[C@@H](N)CC(C)C)C(=O)N1CCC[C@H](NCC(N)=O)C1.O=C(O)C(F)(F)F.O=C(O)C(F)(F)F. The van der Waals surface area contributed by atoms with Gasteiger partial charge in [-0.3, -0.25) is 14.4 Å². The van der Waals surface area contributed by atoms with Gasteiger partial charge in [0.1, 0.15) is 6.04 Å². The van der Waals surface area contributed by atoms with Crippen LogP contribution in [0.4, 0.5) is 26.3 Å². The molecule has 1 fully saturated rings. The molecule has 240 valence electrons. The van der Waals surface area contributed by atoms with Crippen molar-refractivity contribution in [3.8, 4) is 0 Å². The van der Waals surface area contributed by atoms with E-state index in [0.29, 0.717) is 31.8 Å². The van der Waals surface area contributed by atoms with E-state index >= 15 is 0 Å². The largest absolute Gasteiger partial charge is 0.490 e. The number of rotatable bonds is 10. The van der Waals surface area contributed by atoms with E-state index in [-0.39, 0.29) is 30.3 Å². The smallest absolute Gasteiger partial charge is 0.475 e. The van der Waals surface area contributed by atoms with Gasteiger partial charge in [-0.15, -0.1) is 0 Å². The molecule has 12 nitrogen and oxygen atoms in total. The molecule has 0 saturated carbocycles. The van der Waals surface area contributed by atoms with Gasteiger partial charge in [0, 0.05) is 19.1 Å². The van der Waals surface area contributed by atoms with Gasteiger partial charge in [0.05, 0.1) is 12.6 Å². The summed E-state index contributed by atoms with van der Waals surface area (Å²) in [6, 6.07) is -1.15. The molecule has 1 aliphatic rings. The Kier molecular flexibility index (Phi) is 17.9. The van der Waals surface area contributed by atoms with Crippen molar-refractivity contribution in [1.29, 1.82) is 0 Å². The van der Waals surface area contributed by atoms with Crippen molar-refractivity contribution in [3.63, 3.8) is 0 Å². The Morgan fingerprint density at radius 1 is 0.902 bits per heavy atom. The van der Waals surface area contributed by atoms with Crippen LogP contribution in [-0.4, -0.2) is 94.9 Å². The van der Waals surface area contributed by atoms with Crippen molar-refractivity contribution in [2.75, 3.05) is 19.6 Å². The summed E-state index contributed by atoms with van der Waals surface area (Å²) in [7, 11) is 0. The minimum absolute atomic E-state index is 0.0359. The minimum Gasteiger partial charge on any atom is -0.475 e. The Morgan fingerprint density at radius 3 is 1.71 bits per heavy atom. The Labute approximate surface area is 233 Å². The predicted molar refractivity (Wildman–Crippen MR) is 133 cm³/mol. The highest BCUT2D eigenvalue weighted by atomic mass is 19.4. The second-order valence-electron chi connectivity index (χ2n) is 10.0. The van der Waals surface area contributed by atoms with Crippen molar-refractivity contribution < 1.29 is 60.5 Å². The van der Waals surface area contributed by atoms with E-state index < -0.39 is 42.3 Å². The van der Waals surface area contributed by atoms with Gasteiger partial charge in [-0.05, 0) is 37.5 Å². The van der Waals surface area contributed by atoms with Crippen molar-refractivity contribution >= 4 is 29.7 Å². The first kappa shape index (κ1) is 40.0. The Hall–Kier alpha value is -3.15. The summed E-state index contributed by atoms with van der Waals surface area (Å²) in [6.07, 6.45) is -7.29.